The van der Waals surface area contributed by atoms with Gasteiger partial charge in [0.1, 0.15) is 0 Å². The molecule has 0 aliphatic heterocycles. The Balaban J connectivity index is -0.0000000400. The SMILES string of the molecule is O=[Si]=O.[Br][Pb][Br].[Cs]. The van der Waals surface area contributed by atoms with E-state index in [1.165, 1.54) is 0 Å². The Bertz CT molecular complexity index is 45.0. The summed E-state index contributed by atoms with van der Waals surface area (Å²) in [5.41, 5.74) is 0. The molecule has 0 spiro atoms. The van der Waals surface area contributed by atoms with Gasteiger partial charge in [-0.25, -0.2) is 0 Å². The van der Waals surface area contributed by atoms with Gasteiger partial charge < -0.3 is 0 Å². The third kappa shape index (κ3) is 41.6. The van der Waals surface area contributed by atoms with Gasteiger partial charge in [-0.1, -0.05) is 0 Å². The smallest absolute Gasteiger partial charge is 0 e. The Kier molecular flexibility index (Phi) is 54.9. The average Bonchev–Trinajstić information content (AvgIpc) is 1.39. The first kappa shape index (κ1) is 17.0. The Hall–Kier alpha value is 3.75. The van der Waals surface area contributed by atoms with E-state index in [2.05, 4.69) is 24.0 Å². The van der Waals surface area contributed by atoms with E-state index in [4.69, 9.17) is 8.92 Å². The molecule has 0 aromatic rings. The summed E-state index contributed by atoms with van der Waals surface area (Å²) < 4.78 is 16.8. The van der Waals surface area contributed by atoms with Crippen molar-refractivity contribution in [3.8, 4) is 0 Å². The summed E-state index contributed by atoms with van der Waals surface area (Å²) in [4.78, 5) is 0. The van der Waals surface area contributed by atoms with Crippen molar-refractivity contribution in [2.24, 2.45) is 0 Å². The van der Waals surface area contributed by atoms with E-state index < -0.39 is 9.29 Å². The zero-order valence-electron chi connectivity index (χ0n) is 3.57. The summed E-state index contributed by atoms with van der Waals surface area (Å²) in [6.45, 7) is 0. The second kappa shape index (κ2) is 22.6. The molecule has 2 nitrogen and oxygen atoms in total. The van der Waals surface area contributed by atoms with E-state index in [9.17, 15) is 0 Å². The van der Waals surface area contributed by atoms with E-state index in [-0.39, 0.29) is 88.3 Å². The Morgan fingerprint density at radius 3 is 1.29 bits per heavy atom. The van der Waals surface area contributed by atoms with Gasteiger partial charge >= 0.3 is 52.7 Å². The standard InChI is InChI=1S/2BrH.Cs.O2Si.Pb/c;;;1-3-2;/h2*1H;;;/q;;;;+2/p-2. The fraction of sp³-hybridized carbons (Fsp3) is 0. The summed E-state index contributed by atoms with van der Waals surface area (Å²) in [5, 5.41) is 0. The van der Waals surface area contributed by atoms with Gasteiger partial charge in [0.05, 0.1) is 0 Å². The van der Waals surface area contributed by atoms with Crippen molar-refractivity contribution in [1.29, 1.82) is 0 Å². The maximum absolute atomic E-state index is 8.40. The van der Waals surface area contributed by atoms with Crippen LogP contribution in [-0.2, 0) is 8.92 Å². The molecule has 0 fully saturated rings. The van der Waals surface area contributed by atoms with Gasteiger partial charge in [-0.15, -0.1) is 0 Å². The Morgan fingerprint density at radius 2 is 1.29 bits per heavy atom. The molecule has 0 amide bonds. The molecule has 0 unspecified atom stereocenters. The molecule has 0 saturated carbocycles. The Morgan fingerprint density at radius 1 is 1.29 bits per heavy atom. The van der Waals surface area contributed by atoms with E-state index in [1.807, 2.05) is 0 Å². The van der Waals surface area contributed by atoms with Crippen molar-refractivity contribution in [1.82, 2.24) is 0 Å². The van der Waals surface area contributed by atoms with E-state index in [0.29, 0.717) is 0 Å². The fourth-order valence-corrected chi connectivity index (χ4v) is 0. The molecule has 0 rings (SSSR count). The molecule has 3 radical (unpaired) electrons. The molecule has 0 aromatic carbocycles. The molecule has 35 valence electrons. The maximum Gasteiger partial charge on any atom is 0 e. The van der Waals surface area contributed by atoms with Crippen molar-refractivity contribution in [3.05, 3.63) is 0 Å². The molecular formula is Br2CsO2PbSi. The summed E-state index contributed by atoms with van der Waals surface area (Å²) in [5.74, 6) is 0. The van der Waals surface area contributed by atoms with Crippen LogP contribution in [0.25, 0.3) is 0 Å². The van der Waals surface area contributed by atoms with Gasteiger partial charge in [0, 0.05) is 68.9 Å². The third-order valence-corrected chi connectivity index (χ3v) is 0. The van der Waals surface area contributed by atoms with Crippen LogP contribution in [0, 0.1) is 0 Å². The van der Waals surface area contributed by atoms with Crippen molar-refractivity contribution in [3.63, 3.8) is 0 Å². The molecule has 0 aliphatic carbocycles. The minimum atomic E-state index is -1.42. The normalized spacial score (nSPS) is 3.71. The van der Waals surface area contributed by atoms with Crippen LogP contribution in [-0.4, -0.2) is 97.6 Å². The molecule has 7 heavy (non-hydrogen) atoms. The van der Waals surface area contributed by atoms with Crippen LogP contribution in [0.4, 0.5) is 0 Å². The second-order valence-electron chi connectivity index (χ2n) is 0.155. The minimum absolute atomic E-state index is 0. The molecule has 0 atom stereocenters. The largest absolute Gasteiger partial charge is 0 e. The zero-order chi connectivity index (χ0) is 5.41. The quantitative estimate of drug-likeness (QED) is 0.401. The van der Waals surface area contributed by atoms with Crippen LogP contribution in [0.1, 0.15) is 0 Å². The predicted octanol–water partition coefficient (Wildman–Crippen LogP) is 0.311. The molecule has 0 bridgehead atoms. The number of hydrogen-bond acceptors (Lipinski definition) is 2. The predicted molar refractivity (Wildman–Crippen MR) is 36.5 cm³/mol. The zero-order valence-corrected chi connectivity index (χ0v) is 17.9. The molecular weight excluding hydrogens is 560 g/mol. The maximum atomic E-state index is 8.40. The molecule has 0 N–H and O–H groups in total. The molecule has 0 saturated heterocycles. The number of rotatable bonds is 0. The topological polar surface area (TPSA) is 34.1 Å². The van der Waals surface area contributed by atoms with Crippen LogP contribution in [0.5, 0.6) is 0 Å². The van der Waals surface area contributed by atoms with Crippen LogP contribution < -0.4 is 0 Å². The van der Waals surface area contributed by atoms with Crippen LogP contribution in [0.15, 0.2) is 0 Å². The van der Waals surface area contributed by atoms with Crippen LogP contribution in [0.3, 0.4) is 0 Å². The monoisotopic (exact) mass is 559 g/mol. The summed E-state index contributed by atoms with van der Waals surface area (Å²) in [6, 6.07) is 0. The van der Waals surface area contributed by atoms with Crippen LogP contribution in [0.2, 0.25) is 0 Å². The van der Waals surface area contributed by atoms with Crippen molar-refractivity contribution in [2.75, 3.05) is 0 Å². The van der Waals surface area contributed by atoms with Gasteiger partial charge in [-0.05, 0) is 0 Å². The third-order valence-electron chi connectivity index (χ3n) is 0. The first-order chi connectivity index (χ1) is 2.83. The van der Waals surface area contributed by atoms with Crippen LogP contribution >= 0.6 is 24.0 Å². The minimum Gasteiger partial charge on any atom is 0 e. The Labute approximate surface area is 126 Å². The summed E-state index contributed by atoms with van der Waals surface area (Å²) in [6.07, 6.45) is 0. The molecule has 0 heterocycles. The first-order valence-corrected chi connectivity index (χ1v) is 18.5. The van der Waals surface area contributed by atoms with Gasteiger partial charge in [0.15, 0.2) is 0 Å². The molecule has 0 aliphatic rings. The molecule has 0 aromatic heterocycles. The van der Waals surface area contributed by atoms with Crippen molar-refractivity contribution >= 4 is 122 Å². The van der Waals surface area contributed by atoms with E-state index in [0.717, 1.165) is 0 Å². The summed E-state index contributed by atoms with van der Waals surface area (Å²) >= 11 is 6.22. The van der Waals surface area contributed by atoms with Gasteiger partial charge in [-0.2, -0.15) is 0 Å². The van der Waals surface area contributed by atoms with Gasteiger partial charge in [0.25, 0.3) is 0 Å². The number of hydrogen-bond donors (Lipinski definition) is 0. The van der Waals surface area contributed by atoms with Gasteiger partial charge in [0.2, 0.25) is 0 Å². The average molecular weight is 560 g/mol. The number of halogens is 2. The first-order valence-electron chi connectivity index (χ1n) is 0.786. The summed E-state index contributed by atoms with van der Waals surface area (Å²) in [7, 11) is -1.42. The second-order valence-corrected chi connectivity index (χ2v) is 17.2. The van der Waals surface area contributed by atoms with Crippen molar-refractivity contribution in [2.45, 2.75) is 0 Å². The van der Waals surface area contributed by atoms with E-state index >= 15 is 0 Å². The van der Waals surface area contributed by atoms with E-state index in [1.54, 1.807) is 0 Å². The fourth-order valence-electron chi connectivity index (χ4n) is 0. The molecule has 7 heteroatoms. The van der Waals surface area contributed by atoms with Crippen molar-refractivity contribution < 1.29 is 8.92 Å². The van der Waals surface area contributed by atoms with Gasteiger partial charge in [-0.3, -0.25) is 8.92 Å².